The molecular formula is C15H24N2O3. The van der Waals surface area contributed by atoms with E-state index in [2.05, 4.69) is 17.3 Å². The van der Waals surface area contributed by atoms with Crippen molar-refractivity contribution in [3.8, 4) is 11.5 Å². The largest absolute Gasteiger partial charge is 0.497 e. The third kappa shape index (κ3) is 4.10. The van der Waals surface area contributed by atoms with Gasteiger partial charge in [0.2, 0.25) is 0 Å². The van der Waals surface area contributed by atoms with E-state index in [-0.39, 0.29) is 6.10 Å². The molecule has 1 aromatic rings. The summed E-state index contributed by atoms with van der Waals surface area (Å²) >= 11 is 0. The lowest BCUT2D eigenvalue weighted by molar-refractivity contribution is -0.0404. The molecule has 0 bridgehead atoms. The molecule has 2 rings (SSSR count). The first-order valence-corrected chi connectivity index (χ1v) is 6.97. The fourth-order valence-corrected chi connectivity index (χ4v) is 2.30. The van der Waals surface area contributed by atoms with Crippen LogP contribution in [0.5, 0.6) is 11.5 Å². The molecule has 5 nitrogen and oxygen atoms in total. The van der Waals surface area contributed by atoms with Crippen molar-refractivity contribution in [1.82, 2.24) is 10.2 Å². The lowest BCUT2D eigenvalue weighted by Crippen LogP contribution is -2.42. The maximum Gasteiger partial charge on any atom is 0.124 e. The van der Waals surface area contributed by atoms with Crippen LogP contribution in [0.15, 0.2) is 18.2 Å². The molecule has 0 amide bonds. The molecule has 112 valence electrons. The van der Waals surface area contributed by atoms with Crippen LogP contribution in [0.1, 0.15) is 5.56 Å². The highest BCUT2D eigenvalue weighted by molar-refractivity contribution is 5.40. The first-order valence-electron chi connectivity index (χ1n) is 6.97. The Morgan fingerprint density at radius 2 is 2.30 bits per heavy atom. The van der Waals surface area contributed by atoms with Gasteiger partial charge in [-0.25, -0.2) is 0 Å². The molecule has 1 saturated heterocycles. The fraction of sp³-hybridized carbons (Fsp3) is 0.600. The first kappa shape index (κ1) is 15.1. The van der Waals surface area contributed by atoms with Crippen LogP contribution in [0.25, 0.3) is 0 Å². The molecule has 1 N–H and O–H groups in total. The second kappa shape index (κ2) is 7.47. The Balaban J connectivity index is 1.97. The summed E-state index contributed by atoms with van der Waals surface area (Å²) in [6, 6.07) is 5.88. The van der Waals surface area contributed by atoms with E-state index in [9.17, 15) is 0 Å². The monoisotopic (exact) mass is 280 g/mol. The van der Waals surface area contributed by atoms with Gasteiger partial charge in [0.25, 0.3) is 0 Å². The minimum atomic E-state index is 0.137. The number of nitrogens with zero attached hydrogens (tertiary/aromatic N) is 1. The van der Waals surface area contributed by atoms with Crippen molar-refractivity contribution < 1.29 is 14.2 Å². The van der Waals surface area contributed by atoms with E-state index in [1.54, 1.807) is 7.11 Å². The fourth-order valence-electron chi connectivity index (χ4n) is 2.30. The molecule has 5 heteroatoms. The first-order chi connectivity index (χ1) is 9.72. The van der Waals surface area contributed by atoms with Crippen molar-refractivity contribution in [2.45, 2.75) is 12.6 Å². The Morgan fingerprint density at radius 1 is 1.45 bits per heavy atom. The highest BCUT2D eigenvalue weighted by Gasteiger charge is 2.18. The second-order valence-corrected chi connectivity index (χ2v) is 5.07. The summed E-state index contributed by atoms with van der Waals surface area (Å²) in [6.45, 7) is 4.00. The van der Waals surface area contributed by atoms with Crippen molar-refractivity contribution in [2.24, 2.45) is 0 Å². The van der Waals surface area contributed by atoms with Crippen molar-refractivity contribution in [2.75, 3.05) is 47.5 Å². The summed E-state index contributed by atoms with van der Waals surface area (Å²) in [5.74, 6) is 1.73. The molecule has 1 aromatic carbocycles. The standard InChI is InChI=1S/C15H24N2O3/c1-16-9-12-8-13(18-3)4-5-15(12)20-11-14-10-17(2)6-7-19-14/h4-5,8,14,16H,6-7,9-11H2,1-3H3. The Morgan fingerprint density at radius 3 is 3.00 bits per heavy atom. The van der Waals surface area contributed by atoms with Gasteiger partial charge < -0.3 is 24.4 Å². The maximum atomic E-state index is 5.93. The number of hydrogen-bond acceptors (Lipinski definition) is 5. The molecule has 20 heavy (non-hydrogen) atoms. The van der Waals surface area contributed by atoms with Crippen LogP contribution in [0.2, 0.25) is 0 Å². The number of benzene rings is 1. The molecule has 0 aromatic heterocycles. The normalized spacial score (nSPS) is 19.9. The van der Waals surface area contributed by atoms with Crippen molar-refractivity contribution >= 4 is 0 Å². The Hall–Kier alpha value is -1.30. The summed E-state index contributed by atoms with van der Waals surface area (Å²) in [4.78, 5) is 2.26. The molecule has 1 aliphatic heterocycles. The molecule has 1 atom stereocenters. The number of rotatable bonds is 6. The van der Waals surface area contributed by atoms with Crippen LogP contribution in [0.4, 0.5) is 0 Å². The molecule has 1 aliphatic rings. The molecule has 0 spiro atoms. The van der Waals surface area contributed by atoms with E-state index in [0.717, 1.165) is 43.3 Å². The van der Waals surface area contributed by atoms with Crippen LogP contribution >= 0.6 is 0 Å². The number of morpholine rings is 1. The zero-order valence-corrected chi connectivity index (χ0v) is 12.5. The van der Waals surface area contributed by atoms with Gasteiger partial charge in [-0.2, -0.15) is 0 Å². The minimum Gasteiger partial charge on any atom is -0.497 e. The Bertz CT molecular complexity index is 426. The summed E-state index contributed by atoms with van der Waals surface area (Å²) in [5.41, 5.74) is 1.09. The molecule has 0 radical (unpaired) electrons. The zero-order chi connectivity index (χ0) is 14.4. The molecule has 0 saturated carbocycles. The lowest BCUT2D eigenvalue weighted by atomic mass is 10.2. The SMILES string of the molecule is CNCc1cc(OC)ccc1OCC1CN(C)CCO1. The van der Waals surface area contributed by atoms with Crippen molar-refractivity contribution in [3.63, 3.8) is 0 Å². The van der Waals surface area contributed by atoms with Gasteiger partial charge >= 0.3 is 0 Å². The van der Waals surface area contributed by atoms with Crippen molar-refractivity contribution in [1.29, 1.82) is 0 Å². The highest BCUT2D eigenvalue weighted by Crippen LogP contribution is 2.24. The third-order valence-corrected chi connectivity index (χ3v) is 3.40. The molecule has 1 unspecified atom stereocenters. The van der Waals surface area contributed by atoms with Gasteiger partial charge in [-0.3, -0.25) is 0 Å². The predicted molar refractivity (Wildman–Crippen MR) is 78.5 cm³/mol. The van der Waals surface area contributed by atoms with E-state index in [4.69, 9.17) is 14.2 Å². The minimum absolute atomic E-state index is 0.137. The number of ether oxygens (including phenoxy) is 3. The molecule has 0 aliphatic carbocycles. The number of likely N-dealkylation sites (N-methyl/N-ethyl adjacent to an activating group) is 1. The average molecular weight is 280 g/mol. The number of hydrogen-bond donors (Lipinski definition) is 1. The summed E-state index contributed by atoms with van der Waals surface area (Å²) in [7, 11) is 5.70. The maximum absolute atomic E-state index is 5.93. The average Bonchev–Trinajstić information content (AvgIpc) is 2.46. The Labute approximate surface area is 120 Å². The van der Waals surface area contributed by atoms with E-state index in [0.29, 0.717) is 6.61 Å². The van der Waals surface area contributed by atoms with Crippen LogP contribution in [-0.4, -0.2) is 58.5 Å². The van der Waals surface area contributed by atoms with Crippen LogP contribution in [0, 0.1) is 0 Å². The summed E-state index contributed by atoms with van der Waals surface area (Å²) < 4.78 is 16.9. The highest BCUT2D eigenvalue weighted by atomic mass is 16.5. The van der Waals surface area contributed by atoms with Gasteiger partial charge in [0.1, 0.15) is 24.2 Å². The smallest absolute Gasteiger partial charge is 0.124 e. The van der Waals surface area contributed by atoms with Crippen LogP contribution in [-0.2, 0) is 11.3 Å². The van der Waals surface area contributed by atoms with Gasteiger partial charge in [-0.15, -0.1) is 0 Å². The predicted octanol–water partition coefficient (Wildman–Crippen LogP) is 1.12. The molecule has 1 fully saturated rings. The van der Waals surface area contributed by atoms with Gasteiger partial charge in [-0.1, -0.05) is 0 Å². The van der Waals surface area contributed by atoms with E-state index < -0.39 is 0 Å². The van der Waals surface area contributed by atoms with Gasteiger partial charge in [0.05, 0.1) is 13.7 Å². The molecular weight excluding hydrogens is 256 g/mol. The van der Waals surface area contributed by atoms with Gasteiger partial charge in [0, 0.05) is 25.2 Å². The van der Waals surface area contributed by atoms with Crippen LogP contribution in [0.3, 0.4) is 0 Å². The van der Waals surface area contributed by atoms with Gasteiger partial charge in [0.15, 0.2) is 0 Å². The topological polar surface area (TPSA) is 43.0 Å². The lowest BCUT2D eigenvalue weighted by Gasteiger charge is -2.30. The van der Waals surface area contributed by atoms with Crippen molar-refractivity contribution in [3.05, 3.63) is 23.8 Å². The third-order valence-electron chi connectivity index (χ3n) is 3.40. The number of nitrogens with one attached hydrogen (secondary N) is 1. The second-order valence-electron chi connectivity index (χ2n) is 5.07. The quantitative estimate of drug-likeness (QED) is 0.846. The van der Waals surface area contributed by atoms with E-state index in [1.807, 2.05) is 25.2 Å². The Kier molecular flexibility index (Phi) is 5.64. The van der Waals surface area contributed by atoms with E-state index >= 15 is 0 Å². The van der Waals surface area contributed by atoms with Gasteiger partial charge in [-0.05, 0) is 32.3 Å². The van der Waals surface area contributed by atoms with E-state index in [1.165, 1.54) is 0 Å². The zero-order valence-electron chi connectivity index (χ0n) is 12.5. The molecule has 1 heterocycles. The summed E-state index contributed by atoms with van der Waals surface area (Å²) in [6.07, 6.45) is 0.137. The van der Waals surface area contributed by atoms with Crippen LogP contribution < -0.4 is 14.8 Å². The number of methoxy groups -OCH3 is 1. The summed E-state index contributed by atoms with van der Waals surface area (Å²) in [5, 5.41) is 3.15.